The van der Waals surface area contributed by atoms with Crippen LogP contribution in [0.25, 0.3) is 0 Å². The molecule has 0 aliphatic carbocycles. The van der Waals surface area contributed by atoms with Crippen molar-refractivity contribution in [2.75, 3.05) is 30.4 Å². The van der Waals surface area contributed by atoms with Gasteiger partial charge in [0, 0.05) is 17.1 Å². The molecule has 1 aromatic carbocycles. The van der Waals surface area contributed by atoms with E-state index in [2.05, 4.69) is 10.6 Å². The molecule has 3 rings (SSSR count). The van der Waals surface area contributed by atoms with Crippen molar-refractivity contribution in [1.82, 2.24) is 5.32 Å². The molecule has 1 aromatic rings. The van der Waals surface area contributed by atoms with E-state index in [1.165, 1.54) is 0 Å². The highest BCUT2D eigenvalue weighted by Crippen LogP contribution is 2.39. The van der Waals surface area contributed by atoms with Crippen molar-refractivity contribution in [1.29, 1.82) is 0 Å². The van der Waals surface area contributed by atoms with E-state index in [-0.39, 0.29) is 23.4 Å². The molecule has 0 bridgehead atoms. The largest absolute Gasteiger partial charge is 0.443 e. The highest BCUT2D eigenvalue weighted by Gasteiger charge is 2.33. The maximum atomic E-state index is 12.0. The minimum Gasteiger partial charge on any atom is -0.443 e. The highest BCUT2D eigenvalue weighted by atomic mass is 32.2. The predicted molar refractivity (Wildman–Crippen MR) is 86.5 cm³/mol. The molecule has 2 heterocycles. The Morgan fingerprint density at radius 2 is 2.27 bits per heavy atom. The first kappa shape index (κ1) is 15.2. The van der Waals surface area contributed by atoms with E-state index < -0.39 is 0 Å². The molecule has 1 saturated heterocycles. The fraction of sp³-hybridized carbons (Fsp3) is 0.467. The fourth-order valence-corrected chi connectivity index (χ4v) is 3.71. The lowest BCUT2D eigenvalue weighted by Gasteiger charge is -2.24. The van der Waals surface area contributed by atoms with Gasteiger partial charge in [0.1, 0.15) is 6.10 Å². The normalized spacial score (nSPS) is 24.0. The summed E-state index contributed by atoms with van der Waals surface area (Å²) in [7, 11) is 1.83. The van der Waals surface area contributed by atoms with Crippen LogP contribution in [0.5, 0.6) is 0 Å². The average molecular weight is 321 g/mol. The van der Waals surface area contributed by atoms with E-state index >= 15 is 0 Å². The van der Waals surface area contributed by atoms with Crippen LogP contribution in [-0.2, 0) is 9.53 Å². The fourth-order valence-electron chi connectivity index (χ4n) is 2.63. The number of benzene rings is 1. The highest BCUT2D eigenvalue weighted by molar-refractivity contribution is 8.01. The summed E-state index contributed by atoms with van der Waals surface area (Å²) in [5, 5.41) is 5.85. The summed E-state index contributed by atoms with van der Waals surface area (Å²) in [5.74, 6) is 0.0439. The summed E-state index contributed by atoms with van der Waals surface area (Å²) in [6.45, 7) is 3.16. The number of hydrogen-bond acceptors (Lipinski definition) is 5. The van der Waals surface area contributed by atoms with Gasteiger partial charge >= 0.3 is 6.09 Å². The third-order valence-electron chi connectivity index (χ3n) is 3.77. The van der Waals surface area contributed by atoms with Crippen molar-refractivity contribution in [3.05, 3.63) is 18.2 Å². The van der Waals surface area contributed by atoms with Crippen LogP contribution in [0.3, 0.4) is 0 Å². The molecule has 6 nitrogen and oxygen atoms in total. The second-order valence-corrected chi connectivity index (χ2v) is 6.60. The lowest BCUT2D eigenvalue weighted by Crippen LogP contribution is -2.30. The number of likely N-dealkylation sites (N-methyl/N-ethyl adjacent to an activating group) is 1. The number of hydrogen-bond donors (Lipinski definition) is 2. The van der Waals surface area contributed by atoms with E-state index in [1.54, 1.807) is 16.7 Å². The van der Waals surface area contributed by atoms with Gasteiger partial charge in [0.15, 0.2) is 0 Å². The molecular formula is C15H19N3O3S. The molecule has 2 N–H and O–H groups in total. The van der Waals surface area contributed by atoms with E-state index in [0.29, 0.717) is 13.1 Å². The number of thioether (sulfide) groups is 1. The summed E-state index contributed by atoms with van der Waals surface area (Å²) in [6, 6.07) is 5.64. The minimum atomic E-state index is -0.322. The first-order valence-electron chi connectivity index (χ1n) is 7.36. The molecule has 0 saturated carbocycles. The van der Waals surface area contributed by atoms with Crippen LogP contribution in [0.1, 0.15) is 13.3 Å². The molecule has 2 amide bonds. The Labute approximate surface area is 133 Å². The molecule has 2 atom stereocenters. The number of fused-ring (bicyclic) bond motifs is 1. The molecular weight excluding hydrogens is 302 g/mol. The average Bonchev–Trinajstić information content (AvgIpc) is 2.87. The second kappa shape index (κ2) is 6.18. The van der Waals surface area contributed by atoms with Crippen LogP contribution >= 0.6 is 11.8 Å². The Hall–Kier alpha value is -1.73. The Kier molecular flexibility index (Phi) is 4.26. The summed E-state index contributed by atoms with van der Waals surface area (Å²) in [5.41, 5.74) is 1.61. The van der Waals surface area contributed by atoms with Crippen LogP contribution in [0.2, 0.25) is 0 Å². The first-order chi connectivity index (χ1) is 10.6. The molecule has 22 heavy (non-hydrogen) atoms. The molecule has 118 valence electrons. The van der Waals surface area contributed by atoms with Crippen molar-refractivity contribution < 1.29 is 14.3 Å². The topological polar surface area (TPSA) is 70.7 Å². The van der Waals surface area contributed by atoms with Crippen molar-refractivity contribution >= 4 is 35.1 Å². The van der Waals surface area contributed by atoms with Gasteiger partial charge in [-0.1, -0.05) is 6.92 Å². The molecule has 0 radical (unpaired) electrons. The maximum absolute atomic E-state index is 12.0. The van der Waals surface area contributed by atoms with E-state index in [0.717, 1.165) is 22.7 Å². The summed E-state index contributed by atoms with van der Waals surface area (Å²) >= 11 is 1.55. The van der Waals surface area contributed by atoms with Gasteiger partial charge in [0.25, 0.3) is 0 Å². The van der Waals surface area contributed by atoms with Gasteiger partial charge in [-0.15, -0.1) is 11.8 Å². The van der Waals surface area contributed by atoms with Gasteiger partial charge in [-0.25, -0.2) is 4.79 Å². The summed E-state index contributed by atoms with van der Waals surface area (Å²) in [6.07, 6.45) is 0.317. The van der Waals surface area contributed by atoms with E-state index in [1.807, 2.05) is 32.2 Å². The van der Waals surface area contributed by atoms with Crippen LogP contribution < -0.4 is 15.5 Å². The first-order valence-corrected chi connectivity index (χ1v) is 8.24. The Balaban J connectivity index is 1.82. The Morgan fingerprint density at radius 1 is 1.45 bits per heavy atom. The smallest absolute Gasteiger partial charge is 0.414 e. The van der Waals surface area contributed by atoms with Gasteiger partial charge < -0.3 is 15.4 Å². The Bertz CT molecular complexity index is 608. The Morgan fingerprint density at radius 3 is 3.00 bits per heavy atom. The van der Waals surface area contributed by atoms with Gasteiger partial charge in [0.05, 0.1) is 17.5 Å². The van der Waals surface area contributed by atoms with Crippen LogP contribution in [0.4, 0.5) is 16.2 Å². The predicted octanol–water partition coefficient (Wildman–Crippen LogP) is 2.05. The van der Waals surface area contributed by atoms with Crippen molar-refractivity contribution in [3.8, 4) is 0 Å². The summed E-state index contributed by atoms with van der Waals surface area (Å²) in [4.78, 5) is 26.5. The van der Waals surface area contributed by atoms with E-state index in [9.17, 15) is 9.59 Å². The maximum Gasteiger partial charge on any atom is 0.414 e. The zero-order valence-corrected chi connectivity index (χ0v) is 13.4. The van der Waals surface area contributed by atoms with Crippen molar-refractivity contribution in [2.24, 2.45) is 0 Å². The standard InChI is InChI=1S/C15H19N3O3S/c1-3-12-14(19)17-11-5-4-9(6-13(11)22-12)18-8-10(7-16-2)21-15(18)20/h4-6,10,12,16H,3,7-8H2,1-2H3,(H,17,19). The molecule has 0 aromatic heterocycles. The lowest BCUT2D eigenvalue weighted by molar-refractivity contribution is -0.115. The zero-order valence-electron chi connectivity index (χ0n) is 12.6. The number of carbonyl (C=O) groups excluding carboxylic acids is 2. The number of cyclic esters (lactones) is 1. The van der Waals surface area contributed by atoms with Gasteiger partial charge in [0.2, 0.25) is 5.91 Å². The van der Waals surface area contributed by atoms with Gasteiger partial charge in [-0.3, -0.25) is 9.69 Å². The van der Waals surface area contributed by atoms with Crippen LogP contribution in [0, 0.1) is 0 Å². The van der Waals surface area contributed by atoms with Crippen molar-refractivity contribution in [3.63, 3.8) is 0 Å². The van der Waals surface area contributed by atoms with Gasteiger partial charge in [-0.05, 0) is 31.7 Å². The zero-order chi connectivity index (χ0) is 15.7. The molecule has 2 aliphatic rings. The molecule has 0 spiro atoms. The number of amides is 2. The third kappa shape index (κ3) is 2.78. The molecule has 7 heteroatoms. The van der Waals surface area contributed by atoms with Crippen molar-refractivity contribution in [2.45, 2.75) is 29.6 Å². The number of anilines is 2. The molecule has 1 fully saturated rings. The lowest BCUT2D eigenvalue weighted by atomic mass is 10.2. The number of nitrogens with one attached hydrogen (secondary N) is 2. The molecule has 2 unspecified atom stereocenters. The second-order valence-electron chi connectivity index (χ2n) is 5.36. The minimum absolute atomic E-state index is 0.0439. The quantitative estimate of drug-likeness (QED) is 0.888. The summed E-state index contributed by atoms with van der Waals surface area (Å²) < 4.78 is 5.32. The number of nitrogens with zero attached hydrogens (tertiary/aromatic N) is 1. The number of rotatable bonds is 4. The number of ether oxygens (including phenoxy) is 1. The van der Waals surface area contributed by atoms with Gasteiger partial charge in [-0.2, -0.15) is 0 Å². The van der Waals surface area contributed by atoms with Crippen LogP contribution in [-0.4, -0.2) is 43.5 Å². The van der Waals surface area contributed by atoms with E-state index in [4.69, 9.17) is 4.74 Å². The monoisotopic (exact) mass is 321 g/mol. The number of carbonyl (C=O) groups is 2. The third-order valence-corrected chi connectivity index (χ3v) is 5.20. The molecule has 2 aliphatic heterocycles. The SMILES string of the molecule is CCC1Sc2cc(N3CC(CNC)OC3=O)ccc2NC1=O. The van der Waals surface area contributed by atoms with Crippen LogP contribution in [0.15, 0.2) is 23.1 Å².